The number of thiophene rings is 1. The number of benzene rings is 1. The van der Waals surface area contributed by atoms with Crippen molar-refractivity contribution in [1.29, 1.82) is 0 Å². The van der Waals surface area contributed by atoms with Gasteiger partial charge in [0.2, 0.25) is 5.91 Å². The second kappa shape index (κ2) is 12.7. The second-order valence-corrected chi connectivity index (χ2v) is 10.1. The number of aliphatic hydroxyl groups excluding tert-OH is 1. The summed E-state index contributed by atoms with van der Waals surface area (Å²) < 4.78 is 0. The van der Waals surface area contributed by atoms with E-state index >= 15 is 0 Å². The highest BCUT2D eigenvalue weighted by Crippen LogP contribution is 2.26. The number of carbonyl (C=O) groups excluding carboxylic acids is 1. The maximum absolute atomic E-state index is 12.3. The molecule has 1 aromatic carbocycles. The summed E-state index contributed by atoms with van der Waals surface area (Å²) in [6.45, 7) is 2.65. The Morgan fingerprint density at radius 3 is 2.70 bits per heavy atom. The number of aliphatic hydroxyl groups is 1. The standard InChI is InChI=1S/C27H35NO4S/c1-20(8-5-6-11-21-9-3-2-4-10-21)24(29)16-13-22-14-18-26(30)28(22)19-7-12-23-15-17-25(33-23)27(31)32/h2-4,7,9-10,12,15,17,20,22,24,29H,5-6,8,11,13-14,16,18-19H2,1H3,(H,31,32)/b12-7-/t20-,22-,24+/m0/s1. The largest absolute Gasteiger partial charge is 0.477 e. The molecule has 1 aliphatic heterocycles. The van der Waals surface area contributed by atoms with Gasteiger partial charge in [0.25, 0.3) is 0 Å². The average Bonchev–Trinajstić information content (AvgIpc) is 3.43. The van der Waals surface area contributed by atoms with Gasteiger partial charge in [0.15, 0.2) is 0 Å². The number of carbonyl (C=O) groups is 2. The molecule has 2 N–H and O–H groups in total. The van der Waals surface area contributed by atoms with Crippen molar-refractivity contribution in [3.8, 4) is 0 Å². The predicted molar refractivity (Wildman–Crippen MR) is 133 cm³/mol. The Morgan fingerprint density at radius 1 is 1.18 bits per heavy atom. The van der Waals surface area contributed by atoms with Crippen LogP contribution in [0.3, 0.4) is 0 Å². The monoisotopic (exact) mass is 469 g/mol. The van der Waals surface area contributed by atoms with Gasteiger partial charge >= 0.3 is 5.97 Å². The molecule has 1 aromatic heterocycles. The van der Waals surface area contributed by atoms with E-state index in [1.165, 1.54) is 16.9 Å². The number of unbranched alkanes of at least 4 members (excludes halogenated alkanes) is 1. The van der Waals surface area contributed by atoms with Crippen LogP contribution in [0.4, 0.5) is 0 Å². The van der Waals surface area contributed by atoms with Gasteiger partial charge in [-0.1, -0.05) is 49.8 Å². The van der Waals surface area contributed by atoms with E-state index in [1.807, 2.05) is 23.1 Å². The fourth-order valence-corrected chi connectivity index (χ4v) is 5.24. The molecule has 5 nitrogen and oxygen atoms in total. The van der Waals surface area contributed by atoms with Crippen molar-refractivity contribution in [3.63, 3.8) is 0 Å². The van der Waals surface area contributed by atoms with Crippen LogP contribution in [0.1, 0.15) is 72.0 Å². The van der Waals surface area contributed by atoms with Crippen LogP contribution in [0.2, 0.25) is 0 Å². The minimum absolute atomic E-state index is 0.158. The van der Waals surface area contributed by atoms with Crippen LogP contribution in [0.15, 0.2) is 48.5 Å². The Labute approximate surface area is 200 Å². The number of likely N-dealkylation sites (tertiary alicyclic amines) is 1. The summed E-state index contributed by atoms with van der Waals surface area (Å²) in [5, 5.41) is 19.7. The van der Waals surface area contributed by atoms with Gasteiger partial charge in [-0.3, -0.25) is 4.79 Å². The topological polar surface area (TPSA) is 77.8 Å². The number of hydrogen-bond donors (Lipinski definition) is 2. The van der Waals surface area contributed by atoms with E-state index in [0.717, 1.165) is 43.4 Å². The van der Waals surface area contributed by atoms with Crippen molar-refractivity contribution < 1.29 is 19.8 Å². The van der Waals surface area contributed by atoms with Crippen molar-refractivity contribution >= 4 is 29.3 Å². The number of nitrogens with zero attached hydrogens (tertiary/aromatic N) is 1. The first-order valence-electron chi connectivity index (χ1n) is 11.9. The Kier molecular flexibility index (Phi) is 9.70. The smallest absolute Gasteiger partial charge is 0.345 e. The SMILES string of the molecule is C[C@@H](CCCCc1ccccc1)[C@H](O)CC[C@H]1CCC(=O)N1C/C=C\c1ccc(C(=O)O)s1. The maximum Gasteiger partial charge on any atom is 0.345 e. The fraction of sp³-hybridized carbons (Fsp3) is 0.481. The minimum Gasteiger partial charge on any atom is -0.477 e. The first kappa shape index (κ1) is 25.2. The van der Waals surface area contributed by atoms with E-state index in [1.54, 1.807) is 12.1 Å². The lowest BCUT2D eigenvalue weighted by atomic mass is 9.92. The molecule has 33 heavy (non-hydrogen) atoms. The van der Waals surface area contributed by atoms with E-state index < -0.39 is 5.97 Å². The van der Waals surface area contributed by atoms with Gasteiger partial charge in [-0.25, -0.2) is 4.79 Å². The zero-order chi connectivity index (χ0) is 23.6. The van der Waals surface area contributed by atoms with Crippen LogP contribution < -0.4 is 0 Å². The van der Waals surface area contributed by atoms with E-state index in [4.69, 9.17) is 5.11 Å². The summed E-state index contributed by atoms with van der Waals surface area (Å²) in [4.78, 5) is 26.4. The fourth-order valence-electron chi connectivity index (χ4n) is 4.46. The molecule has 2 heterocycles. The number of carboxylic acid groups (broad SMARTS) is 1. The van der Waals surface area contributed by atoms with Gasteiger partial charge in [0.05, 0.1) is 6.10 Å². The number of hydrogen-bond acceptors (Lipinski definition) is 4. The normalized spacial score (nSPS) is 18.2. The molecule has 1 amide bonds. The van der Waals surface area contributed by atoms with Gasteiger partial charge in [0, 0.05) is 23.9 Å². The van der Waals surface area contributed by atoms with Gasteiger partial charge in [-0.15, -0.1) is 11.3 Å². The summed E-state index contributed by atoms with van der Waals surface area (Å²) in [7, 11) is 0. The zero-order valence-corrected chi connectivity index (χ0v) is 20.2. The first-order valence-corrected chi connectivity index (χ1v) is 12.8. The molecule has 178 valence electrons. The number of aromatic carboxylic acids is 1. The third kappa shape index (κ3) is 7.83. The molecule has 1 aliphatic rings. The molecule has 1 saturated heterocycles. The molecular formula is C27H35NO4S. The highest BCUT2D eigenvalue weighted by Gasteiger charge is 2.30. The maximum atomic E-state index is 12.3. The van der Waals surface area contributed by atoms with Crippen LogP contribution in [-0.2, 0) is 11.2 Å². The van der Waals surface area contributed by atoms with Crippen molar-refractivity contribution in [2.75, 3.05) is 6.54 Å². The molecule has 3 atom stereocenters. The summed E-state index contributed by atoms with van der Waals surface area (Å²) in [5.74, 6) is -0.502. The number of rotatable bonds is 13. The quantitative estimate of drug-likeness (QED) is 0.372. The molecule has 3 rings (SSSR count). The molecule has 0 radical (unpaired) electrons. The zero-order valence-electron chi connectivity index (χ0n) is 19.4. The van der Waals surface area contributed by atoms with Crippen LogP contribution in [0.5, 0.6) is 0 Å². The minimum atomic E-state index is -0.918. The van der Waals surface area contributed by atoms with E-state index in [0.29, 0.717) is 24.3 Å². The number of amides is 1. The van der Waals surface area contributed by atoms with Crippen LogP contribution >= 0.6 is 11.3 Å². The lowest BCUT2D eigenvalue weighted by molar-refractivity contribution is -0.128. The Hall–Kier alpha value is -2.44. The predicted octanol–water partition coefficient (Wildman–Crippen LogP) is 5.64. The molecule has 0 saturated carbocycles. The summed E-state index contributed by atoms with van der Waals surface area (Å²) >= 11 is 1.23. The second-order valence-electron chi connectivity index (χ2n) is 9.00. The highest BCUT2D eigenvalue weighted by atomic mass is 32.1. The molecule has 2 aromatic rings. The molecule has 0 aliphatic carbocycles. The van der Waals surface area contributed by atoms with Crippen LogP contribution in [-0.4, -0.2) is 45.7 Å². The molecule has 0 spiro atoms. The number of aryl methyl sites for hydroxylation is 1. The van der Waals surface area contributed by atoms with Gasteiger partial charge < -0.3 is 15.1 Å². The number of carboxylic acids is 1. The van der Waals surface area contributed by atoms with Gasteiger partial charge in [-0.05, 0) is 68.2 Å². The molecule has 0 bridgehead atoms. The highest BCUT2D eigenvalue weighted by molar-refractivity contribution is 7.14. The van der Waals surface area contributed by atoms with Crippen LogP contribution in [0.25, 0.3) is 6.08 Å². The third-order valence-electron chi connectivity index (χ3n) is 6.54. The van der Waals surface area contributed by atoms with Crippen molar-refractivity contribution in [3.05, 3.63) is 63.9 Å². The molecule has 1 fully saturated rings. The van der Waals surface area contributed by atoms with E-state index in [2.05, 4.69) is 31.2 Å². The van der Waals surface area contributed by atoms with E-state index in [-0.39, 0.29) is 24.0 Å². The lowest BCUT2D eigenvalue weighted by Crippen LogP contribution is -2.34. The Morgan fingerprint density at radius 2 is 1.97 bits per heavy atom. The summed E-state index contributed by atoms with van der Waals surface area (Å²) in [5.41, 5.74) is 1.37. The summed E-state index contributed by atoms with van der Waals surface area (Å²) in [6.07, 6.45) is 10.7. The third-order valence-corrected chi connectivity index (χ3v) is 7.58. The Balaban J connectivity index is 1.38. The van der Waals surface area contributed by atoms with Crippen LogP contribution in [0, 0.1) is 5.92 Å². The van der Waals surface area contributed by atoms with Crippen molar-refractivity contribution in [2.24, 2.45) is 5.92 Å². The van der Waals surface area contributed by atoms with Crippen molar-refractivity contribution in [1.82, 2.24) is 4.90 Å². The average molecular weight is 470 g/mol. The van der Waals surface area contributed by atoms with E-state index in [9.17, 15) is 14.7 Å². The van der Waals surface area contributed by atoms with Gasteiger partial charge in [-0.2, -0.15) is 0 Å². The van der Waals surface area contributed by atoms with Crippen molar-refractivity contribution in [2.45, 2.75) is 70.4 Å². The molecular weight excluding hydrogens is 434 g/mol. The lowest BCUT2D eigenvalue weighted by Gasteiger charge is -2.26. The summed E-state index contributed by atoms with van der Waals surface area (Å²) in [6, 6.07) is 14.1. The van der Waals surface area contributed by atoms with Gasteiger partial charge in [0.1, 0.15) is 4.88 Å². The molecule has 0 unspecified atom stereocenters. The first-order chi connectivity index (χ1) is 15.9. The Bertz CT molecular complexity index is 923. The molecule has 6 heteroatoms.